The van der Waals surface area contributed by atoms with E-state index in [0.29, 0.717) is 17.4 Å². The molecular formula is C23H19ClO4. The molecule has 28 heavy (non-hydrogen) atoms. The van der Waals surface area contributed by atoms with Crippen molar-refractivity contribution < 1.29 is 19.4 Å². The van der Waals surface area contributed by atoms with Crippen molar-refractivity contribution >= 4 is 17.6 Å². The van der Waals surface area contributed by atoms with E-state index in [1.54, 1.807) is 7.11 Å². The predicted molar refractivity (Wildman–Crippen MR) is 109 cm³/mol. The lowest BCUT2D eigenvalue weighted by molar-refractivity contribution is -0.136. The van der Waals surface area contributed by atoms with E-state index in [0.717, 1.165) is 45.6 Å². The summed E-state index contributed by atoms with van der Waals surface area (Å²) in [5.74, 6) is 0.649. The van der Waals surface area contributed by atoms with E-state index < -0.39 is 5.97 Å². The molecule has 0 amide bonds. The molecule has 0 saturated heterocycles. The summed E-state index contributed by atoms with van der Waals surface area (Å²) < 4.78 is 11.1. The molecule has 0 atom stereocenters. The lowest BCUT2D eigenvalue weighted by Crippen LogP contribution is -2.00. The number of carboxylic acid groups (broad SMARTS) is 1. The lowest BCUT2D eigenvalue weighted by Gasteiger charge is -2.16. The fourth-order valence-electron chi connectivity index (χ4n) is 3.60. The van der Waals surface area contributed by atoms with Crippen molar-refractivity contribution in [2.75, 3.05) is 13.7 Å². The summed E-state index contributed by atoms with van der Waals surface area (Å²) in [7, 11) is 1.59. The number of fused-ring (bicyclic) bond motifs is 1. The molecular weight excluding hydrogens is 376 g/mol. The van der Waals surface area contributed by atoms with Gasteiger partial charge in [0.25, 0.3) is 0 Å². The zero-order chi connectivity index (χ0) is 19.7. The first-order valence-electron chi connectivity index (χ1n) is 9.00. The van der Waals surface area contributed by atoms with Gasteiger partial charge in [-0.1, -0.05) is 41.9 Å². The molecule has 1 N–H and O–H groups in total. The van der Waals surface area contributed by atoms with Crippen LogP contribution in [-0.4, -0.2) is 24.8 Å². The molecule has 1 heterocycles. The van der Waals surface area contributed by atoms with E-state index in [4.69, 9.17) is 26.2 Å². The zero-order valence-electron chi connectivity index (χ0n) is 15.4. The molecule has 0 spiro atoms. The number of benzene rings is 3. The fraction of sp³-hybridized carbons (Fsp3) is 0.174. The summed E-state index contributed by atoms with van der Waals surface area (Å²) in [6.07, 6.45) is 0.845. The van der Waals surface area contributed by atoms with Gasteiger partial charge in [0.15, 0.2) is 0 Å². The van der Waals surface area contributed by atoms with Gasteiger partial charge in [0.05, 0.1) is 25.2 Å². The van der Waals surface area contributed by atoms with Crippen LogP contribution >= 0.6 is 11.6 Å². The van der Waals surface area contributed by atoms with Gasteiger partial charge in [-0.25, -0.2) is 0 Å². The van der Waals surface area contributed by atoms with E-state index in [1.165, 1.54) is 0 Å². The highest BCUT2D eigenvalue weighted by Crippen LogP contribution is 2.44. The normalized spacial score (nSPS) is 12.4. The molecule has 4 rings (SSSR count). The predicted octanol–water partition coefficient (Wildman–Crippen LogP) is 5.24. The highest BCUT2D eigenvalue weighted by molar-refractivity contribution is 6.35. The number of carboxylic acids is 1. The minimum atomic E-state index is -0.858. The van der Waals surface area contributed by atoms with Crippen LogP contribution in [0.3, 0.4) is 0 Å². The molecule has 5 heteroatoms. The summed E-state index contributed by atoms with van der Waals surface area (Å²) in [6, 6.07) is 17.4. The molecule has 1 aliphatic rings. The number of halogens is 1. The maximum Gasteiger partial charge on any atom is 0.307 e. The number of aliphatic carboxylic acids is 1. The SMILES string of the molecule is COc1ccc(-c2cccc(CC(=O)O)c2)c(-c2ccc3c(c2)CCO3)c1Cl. The van der Waals surface area contributed by atoms with Crippen LogP contribution in [0.1, 0.15) is 11.1 Å². The molecule has 3 aromatic carbocycles. The summed E-state index contributed by atoms with van der Waals surface area (Å²) in [4.78, 5) is 11.1. The Kier molecular flexibility index (Phi) is 4.97. The summed E-state index contributed by atoms with van der Waals surface area (Å²) in [6.45, 7) is 0.689. The van der Waals surface area contributed by atoms with Gasteiger partial charge >= 0.3 is 5.97 Å². The summed E-state index contributed by atoms with van der Waals surface area (Å²) in [5, 5.41) is 9.64. The Labute approximate surface area is 168 Å². The van der Waals surface area contributed by atoms with Gasteiger partial charge in [-0.2, -0.15) is 0 Å². The third-order valence-electron chi connectivity index (χ3n) is 4.90. The molecule has 142 valence electrons. The van der Waals surface area contributed by atoms with Crippen molar-refractivity contribution in [3.05, 3.63) is 70.7 Å². The van der Waals surface area contributed by atoms with Gasteiger partial charge in [0.1, 0.15) is 11.5 Å². The van der Waals surface area contributed by atoms with Crippen LogP contribution in [-0.2, 0) is 17.6 Å². The van der Waals surface area contributed by atoms with Gasteiger partial charge in [-0.05, 0) is 52.1 Å². The summed E-state index contributed by atoms with van der Waals surface area (Å²) in [5.41, 5.74) is 5.58. The Bertz CT molecular complexity index is 1060. The van der Waals surface area contributed by atoms with Crippen LogP contribution in [0.2, 0.25) is 5.02 Å². The van der Waals surface area contributed by atoms with E-state index in [2.05, 4.69) is 6.07 Å². The number of carbonyl (C=O) groups is 1. The number of rotatable bonds is 5. The van der Waals surface area contributed by atoms with Gasteiger partial charge in [-0.15, -0.1) is 0 Å². The zero-order valence-corrected chi connectivity index (χ0v) is 16.1. The lowest BCUT2D eigenvalue weighted by atomic mass is 9.92. The van der Waals surface area contributed by atoms with Crippen molar-refractivity contribution in [2.45, 2.75) is 12.8 Å². The minimum absolute atomic E-state index is 0.0246. The van der Waals surface area contributed by atoms with E-state index in [1.807, 2.05) is 48.5 Å². The first-order chi connectivity index (χ1) is 13.6. The first kappa shape index (κ1) is 18.4. The van der Waals surface area contributed by atoms with Crippen molar-refractivity contribution in [1.29, 1.82) is 0 Å². The molecule has 0 bridgehead atoms. The Morgan fingerprint density at radius 2 is 2.00 bits per heavy atom. The van der Waals surface area contributed by atoms with Crippen molar-refractivity contribution in [2.24, 2.45) is 0 Å². The first-order valence-corrected chi connectivity index (χ1v) is 9.38. The minimum Gasteiger partial charge on any atom is -0.495 e. The van der Waals surface area contributed by atoms with Crippen LogP contribution in [0.4, 0.5) is 0 Å². The molecule has 1 aliphatic heterocycles. The van der Waals surface area contributed by atoms with Crippen molar-refractivity contribution in [3.63, 3.8) is 0 Å². The van der Waals surface area contributed by atoms with Crippen molar-refractivity contribution in [3.8, 4) is 33.8 Å². The fourth-order valence-corrected chi connectivity index (χ4v) is 3.95. The highest BCUT2D eigenvalue weighted by Gasteiger charge is 2.19. The maximum atomic E-state index is 11.1. The van der Waals surface area contributed by atoms with E-state index >= 15 is 0 Å². The second-order valence-electron chi connectivity index (χ2n) is 6.70. The van der Waals surface area contributed by atoms with Crippen LogP contribution in [0.25, 0.3) is 22.3 Å². The number of hydrogen-bond acceptors (Lipinski definition) is 3. The van der Waals surface area contributed by atoms with Gasteiger partial charge in [-0.3, -0.25) is 4.79 Å². The number of methoxy groups -OCH3 is 1. The van der Waals surface area contributed by atoms with Crippen LogP contribution in [0.5, 0.6) is 11.5 Å². The smallest absolute Gasteiger partial charge is 0.307 e. The topological polar surface area (TPSA) is 55.8 Å². The van der Waals surface area contributed by atoms with Gasteiger partial charge < -0.3 is 14.6 Å². The van der Waals surface area contributed by atoms with Crippen LogP contribution in [0.15, 0.2) is 54.6 Å². The molecule has 4 nitrogen and oxygen atoms in total. The van der Waals surface area contributed by atoms with Gasteiger partial charge in [0, 0.05) is 12.0 Å². The monoisotopic (exact) mass is 394 g/mol. The van der Waals surface area contributed by atoms with Crippen LogP contribution in [0, 0.1) is 0 Å². The largest absolute Gasteiger partial charge is 0.495 e. The molecule has 0 aromatic heterocycles. The number of hydrogen-bond donors (Lipinski definition) is 1. The quantitative estimate of drug-likeness (QED) is 0.642. The Hall–Kier alpha value is -2.98. The number of ether oxygens (including phenoxy) is 2. The Balaban J connectivity index is 1.89. The molecule has 0 radical (unpaired) electrons. The molecule has 0 fully saturated rings. The third kappa shape index (κ3) is 3.43. The third-order valence-corrected chi connectivity index (χ3v) is 5.27. The Morgan fingerprint density at radius 3 is 2.79 bits per heavy atom. The molecule has 3 aromatic rings. The van der Waals surface area contributed by atoms with Gasteiger partial charge in [0.2, 0.25) is 0 Å². The maximum absolute atomic E-state index is 11.1. The average molecular weight is 395 g/mol. The average Bonchev–Trinajstić information content (AvgIpc) is 3.15. The van der Waals surface area contributed by atoms with E-state index in [9.17, 15) is 4.79 Å². The highest BCUT2D eigenvalue weighted by atomic mass is 35.5. The second-order valence-corrected chi connectivity index (χ2v) is 7.07. The standard InChI is InChI=1S/C23H19ClO4/c1-27-20-8-6-18(15-4-2-3-14(11-15)12-21(25)26)22(23(20)24)17-5-7-19-16(13-17)9-10-28-19/h2-8,11,13H,9-10,12H2,1H3,(H,25,26). The molecule has 0 saturated carbocycles. The molecule has 0 aliphatic carbocycles. The Morgan fingerprint density at radius 1 is 1.14 bits per heavy atom. The molecule has 0 unspecified atom stereocenters. The van der Waals surface area contributed by atoms with Crippen molar-refractivity contribution in [1.82, 2.24) is 0 Å². The summed E-state index contributed by atoms with van der Waals surface area (Å²) >= 11 is 6.72. The van der Waals surface area contributed by atoms with Crippen LogP contribution < -0.4 is 9.47 Å². The second kappa shape index (κ2) is 7.56. The van der Waals surface area contributed by atoms with E-state index in [-0.39, 0.29) is 6.42 Å².